The zero-order valence-corrected chi connectivity index (χ0v) is 9.77. The third-order valence-corrected chi connectivity index (χ3v) is 4.32. The van der Waals surface area contributed by atoms with Gasteiger partial charge in [0.15, 0.2) is 0 Å². The minimum atomic E-state index is 0.612. The van der Waals surface area contributed by atoms with Crippen LogP contribution in [-0.2, 0) is 0 Å². The fourth-order valence-corrected chi connectivity index (χ4v) is 2.53. The van der Waals surface area contributed by atoms with E-state index in [0.717, 1.165) is 5.92 Å². The molecule has 0 bridgehead atoms. The number of likely N-dealkylation sites (tertiary alicyclic amines) is 1. The molecule has 1 aliphatic rings. The molecular weight excluding hydrogens is 158 g/mol. The first kappa shape index (κ1) is 11.0. The Labute approximate surface area is 83.5 Å². The predicted molar refractivity (Wildman–Crippen MR) is 58.9 cm³/mol. The van der Waals surface area contributed by atoms with E-state index in [1.807, 2.05) is 0 Å². The molecule has 1 rings (SSSR count). The summed E-state index contributed by atoms with van der Waals surface area (Å²) in [5.74, 6) is 0.971. The van der Waals surface area contributed by atoms with E-state index in [2.05, 4.69) is 32.7 Å². The lowest BCUT2D eigenvalue weighted by atomic mass is 9.69. The Bertz CT molecular complexity index is 141. The van der Waals surface area contributed by atoms with E-state index in [0.29, 0.717) is 5.41 Å². The average Bonchev–Trinajstić information content (AvgIpc) is 2.18. The fraction of sp³-hybridized carbons (Fsp3) is 1.00. The van der Waals surface area contributed by atoms with Crippen LogP contribution in [0.25, 0.3) is 0 Å². The van der Waals surface area contributed by atoms with Gasteiger partial charge in [0.1, 0.15) is 0 Å². The first-order chi connectivity index (χ1) is 6.12. The van der Waals surface area contributed by atoms with Gasteiger partial charge in [-0.05, 0) is 44.3 Å². The Morgan fingerprint density at radius 1 is 1.15 bits per heavy atom. The molecule has 0 unspecified atom stereocenters. The Balaban J connectivity index is 2.51. The third-order valence-electron chi connectivity index (χ3n) is 4.32. The molecule has 0 aromatic rings. The molecule has 13 heavy (non-hydrogen) atoms. The molecule has 1 aliphatic heterocycles. The van der Waals surface area contributed by atoms with Gasteiger partial charge in [-0.1, -0.05) is 33.6 Å². The maximum Gasteiger partial charge on any atom is -0.00189 e. The average molecular weight is 183 g/mol. The summed E-state index contributed by atoms with van der Waals surface area (Å²) in [6.07, 6.45) is 5.51. The largest absolute Gasteiger partial charge is 0.306 e. The van der Waals surface area contributed by atoms with E-state index in [-0.39, 0.29) is 0 Å². The highest BCUT2D eigenvalue weighted by atomic mass is 15.1. The second-order valence-electron chi connectivity index (χ2n) is 4.94. The van der Waals surface area contributed by atoms with Crippen molar-refractivity contribution < 1.29 is 0 Å². The molecule has 78 valence electrons. The van der Waals surface area contributed by atoms with E-state index >= 15 is 0 Å². The standard InChI is InChI=1S/C12H25N/c1-5-12(3,6-2)11-7-9-13(4)10-8-11/h11H,5-10H2,1-4H3. The van der Waals surface area contributed by atoms with E-state index in [1.165, 1.54) is 38.8 Å². The summed E-state index contributed by atoms with van der Waals surface area (Å²) in [7, 11) is 2.24. The summed E-state index contributed by atoms with van der Waals surface area (Å²) in [5.41, 5.74) is 0.612. The molecule has 0 amide bonds. The number of hydrogen-bond donors (Lipinski definition) is 0. The molecule has 1 fully saturated rings. The van der Waals surface area contributed by atoms with Crippen molar-refractivity contribution in [3.8, 4) is 0 Å². The summed E-state index contributed by atoms with van der Waals surface area (Å²) in [6.45, 7) is 9.78. The normalized spacial score (nSPS) is 22.2. The van der Waals surface area contributed by atoms with Crippen molar-refractivity contribution in [3.05, 3.63) is 0 Å². The predicted octanol–water partition coefficient (Wildman–Crippen LogP) is 3.15. The van der Waals surface area contributed by atoms with Crippen LogP contribution >= 0.6 is 0 Å². The molecule has 1 saturated heterocycles. The van der Waals surface area contributed by atoms with Crippen LogP contribution in [0, 0.1) is 11.3 Å². The molecule has 0 radical (unpaired) electrons. The van der Waals surface area contributed by atoms with Gasteiger partial charge in [-0.15, -0.1) is 0 Å². The molecule has 0 atom stereocenters. The Morgan fingerprint density at radius 2 is 1.62 bits per heavy atom. The second-order valence-corrected chi connectivity index (χ2v) is 4.94. The molecule has 0 aromatic carbocycles. The maximum absolute atomic E-state index is 2.48. The highest BCUT2D eigenvalue weighted by molar-refractivity contribution is 4.84. The maximum atomic E-state index is 2.48. The molecule has 0 N–H and O–H groups in total. The van der Waals surface area contributed by atoms with Gasteiger partial charge < -0.3 is 4.90 Å². The van der Waals surface area contributed by atoms with Gasteiger partial charge >= 0.3 is 0 Å². The Morgan fingerprint density at radius 3 is 2.00 bits per heavy atom. The second kappa shape index (κ2) is 4.45. The van der Waals surface area contributed by atoms with Crippen LogP contribution in [0.5, 0.6) is 0 Å². The van der Waals surface area contributed by atoms with Crippen LogP contribution in [0.15, 0.2) is 0 Å². The van der Waals surface area contributed by atoms with Gasteiger partial charge in [0.2, 0.25) is 0 Å². The third kappa shape index (κ3) is 2.46. The summed E-state index contributed by atoms with van der Waals surface area (Å²) in [4.78, 5) is 2.46. The Hall–Kier alpha value is -0.0400. The van der Waals surface area contributed by atoms with Crippen molar-refractivity contribution in [1.29, 1.82) is 0 Å². The lowest BCUT2D eigenvalue weighted by Crippen LogP contribution is -2.37. The topological polar surface area (TPSA) is 3.24 Å². The molecule has 0 aliphatic carbocycles. The Kier molecular flexibility index (Phi) is 3.78. The quantitative estimate of drug-likeness (QED) is 0.649. The highest BCUT2D eigenvalue weighted by Crippen LogP contribution is 2.40. The first-order valence-electron chi connectivity index (χ1n) is 5.81. The number of nitrogens with zero attached hydrogens (tertiary/aromatic N) is 1. The fourth-order valence-electron chi connectivity index (χ4n) is 2.53. The van der Waals surface area contributed by atoms with Crippen molar-refractivity contribution in [2.24, 2.45) is 11.3 Å². The van der Waals surface area contributed by atoms with Crippen LogP contribution in [0.1, 0.15) is 46.5 Å². The molecule has 0 aromatic heterocycles. The molecule has 1 nitrogen and oxygen atoms in total. The zero-order chi connectivity index (χ0) is 9.90. The zero-order valence-electron chi connectivity index (χ0n) is 9.77. The molecule has 1 heterocycles. The van der Waals surface area contributed by atoms with Crippen molar-refractivity contribution in [2.75, 3.05) is 20.1 Å². The van der Waals surface area contributed by atoms with Crippen molar-refractivity contribution in [3.63, 3.8) is 0 Å². The van der Waals surface area contributed by atoms with E-state index in [4.69, 9.17) is 0 Å². The van der Waals surface area contributed by atoms with Gasteiger partial charge in [0.25, 0.3) is 0 Å². The number of hydrogen-bond acceptors (Lipinski definition) is 1. The van der Waals surface area contributed by atoms with Gasteiger partial charge in [0.05, 0.1) is 0 Å². The summed E-state index contributed by atoms with van der Waals surface area (Å²) in [5, 5.41) is 0. The molecular formula is C12H25N. The van der Waals surface area contributed by atoms with Crippen molar-refractivity contribution in [1.82, 2.24) is 4.90 Å². The van der Waals surface area contributed by atoms with Gasteiger partial charge in [-0.3, -0.25) is 0 Å². The molecule has 1 heteroatoms. The van der Waals surface area contributed by atoms with Crippen LogP contribution < -0.4 is 0 Å². The number of rotatable bonds is 3. The number of piperidine rings is 1. The monoisotopic (exact) mass is 183 g/mol. The smallest absolute Gasteiger partial charge is 0.00189 e. The summed E-state index contributed by atoms with van der Waals surface area (Å²) in [6, 6.07) is 0. The summed E-state index contributed by atoms with van der Waals surface area (Å²) < 4.78 is 0. The van der Waals surface area contributed by atoms with Crippen LogP contribution in [0.4, 0.5) is 0 Å². The minimum Gasteiger partial charge on any atom is -0.306 e. The molecule has 0 spiro atoms. The minimum absolute atomic E-state index is 0.612. The van der Waals surface area contributed by atoms with Crippen molar-refractivity contribution >= 4 is 0 Å². The van der Waals surface area contributed by atoms with Gasteiger partial charge in [0, 0.05) is 0 Å². The van der Waals surface area contributed by atoms with Gasteiger partial charge in [-0.25, -0.2) is 0 Å². The SMILES string of the molecule is CCC(C)(CC)C1CCN(C)CC1. The summed E-state index contributed by atoms with van der Waals surface area (Å²) >= 11 is 0. The van der Waals surface area contributed by atoms with Crippen molar-refractivity contribution in [2.45, 2.75) is 46.5 Å². The van der Waals surface area contributed by atoms with E-state index in [9.17, 15) is 0 Å². The lowest BCUT2D eigenvalue weighted by molar-refractivity contribution is 0.0919. The van der Waals surface area contributed by atoms with Crippen LogP contribution in [0.2, 0.25) is 0 Å². The molecule has 0 saturated carbocycles. The van der Waals surface area contributed by atoms with Crippen LogP contribution in [-0.4, -0.2) is 25.0 Å². The van der Waals surface area contributed by atoms with E-state index < -0.39 is 0 Å². The first-order valence-corrected chi connectivity index (χ1v) is 5.81. The van der Waals surface area contributed by atoms with Crippen LogP contribution in [0.3, 0.4) is 0 Å². The van der Waals surface area contributed by atoms with E-state index in [1.54, 1.807) is 0 Å². The lowest BCUT2D eigenvalue weighted by Gasteiger charge is -2.41. The highest BCUT2D eigenvalue weighted by Gasteiger charge is 2.32. The van der Waals surface area contributed by atoms with Gasteiger partial charge in [-0.2, -0.15) is 0 Å².